The monoisotopic (exact) mass is 326 g/mol. The number of hydrogen-bond acceptors (Lipinski definition) is 3. The minimum atomic E-state index is -4.38. The first-order valence-corrected chi connectivity index (χ1v) is 7.44. The van der Waals surface area contributed by atoms with E-state index >= 15 is 0 Å². The van der Waals surface area contributed by atoms with Gasteiger partial charge in [-0.2, -0.15) is 13.2 Å². The standard InChI is InChI=1S/C15H13F3N2OS/c16-15(17,18)11-6-7-14(19-10-11)22-9-8-13(21)20-12-4-2-1-3-5-12/h1-7,10H,8-9H2,(H,20,21). The van der Waals surface area contributed by atoms with Crippen molar-refractivity contribution in [1.82, 2.24) is 4.98 Å². The molecule has 0 radical (unpaired) electrons. The van der Waals surface area contributed by atoms with Crippen LogP contribution < -0.4 is 5.32 Å². The van der Waals surface area contributed by atoms with Crippen LogP contribution in [-0.2, 0) is 11.0 Å². The van der Waals surface area contributed by atoms with E-state index in [2.05, 4.69) is 10.3 Å². The average molecular weight is 326 g/mol. The van der Waals surface area contributed by atoms with Crippen LogP contribution >= 0.6 is 11.8 Å². The summed E-state index contributed by atoms with van der Waals surface area (Å²) in [6.45, 7) is 0. The lowest BCUT2D eigenvalue weighted by Gasteiger charge is -2.07. The van der Waals surface area contributed by atoms with Crippen LogP contribution in [0.25, 0.3) is 0 Å². The summed E-state index contributed by atoms with van der Waals surface area (Å²) >= 11 is 1.24. The first kappa shape index (κ1) is 16.4. The Morgan fingerprint density at radius 1 is 1.14 bits per heavy atom. The number of benzene rings is 1. The van der Waals surface area contributed by atoms with Crippen LogP contribution in [0.15, 0.2) is 53.7 Å². The third kappa shape index (κ3) is 5.07. The van der Waals surface area contributed by atoms with E-state index in [1.54, 1.807) is 12.1 Å². The van der Waals surface area contributed by atoms with Crippen molar-refractivity contribution in [2.75, 3.05) is 11.1 Å². The van der Waals surface area contributed by atoms with Crippen LogP contribution in [0.3, 0.4) is 0 Å². The Bertz CT molecular complexity index is 615. The minimum absolute atomic E-state index is 0.148. The van der Waals surface area contributed by atoms with Gasteiger partial charge in [0.15, 0.2) is 0 Å². The number of amides is 1. The van der Waals surface area contributed by atoms with Gasteiger partial charge in [0.25, 0.3) is 0 Å². The van der Waals surface area contributed by atoms with Crippen molar-refractivity contribution in [2.45, 2.75) is 17.6 Å². The summed E-state index contributed by atoms with van der Waals surface area (Å²) in [6.07, 6.45) is -3.33. The van der Waals surface area contributed by atoms with Crippen molar-refractivity contribution >= 4 is 23.4 Å². The van der Waals surface area contributed by atoms with Crippen LogP contribution in [0.4, 0.5) is 18.9 Å². The molecule has 1 aromatic heterocycles. The molecule has 0 saturated heterocycles. The highest BCUT2D eigenvalue weighted by atomic mass is 32.2. The zero-order valence-corrected chi connectivity index (χ0v) is 12.2. The Balaban J connectivity index is 1.78. The first-order chi connectivity index (χ1) is 10.4. The molecular formula is C15H13F3N2OS. The average Bonchev–Trinajstić information content (AvgIpc) is 2.48. The Morgan fingerprint density at radius 3 is 2.45 bits per heavy atom. The molecule has 22 heavy (non-hydrogen) atoms. The Labute approximate surface area is 129 Å². The number of nitrogens with one attached hydrogen (secondary N) is 1. The molecule has 0 unspecified atom stereocenters. The Kier molecular flexibility index (Phi) is 5.43. The third-order valence-electron chi connectivity index (χ3n) is 2.70. The Morgan fingerprint density at radius 2 is 1.86 bits per heavy atom. The van der Waals surface area contributed by atoms with Gasteiger partial charge in [0.1, 0.15) is 0 Å². The molecule has 1 N–H and O–H groups in total. The van der Waals surface area contributed by atoms with Crippen LogP contribution in [0.5, 0.6) is 0 Å². The molecular weight excluding hydrogens is 313 g/mol. The largest absolute Gasteiger partial charge is 0.417 e. The lowest BCUT2D eigenvalue weighted by atomic mass is 10.3. The summed E-state index contributed by atoms with van der Waals surface area (Å²) < 4.78 is 37.2. The maximum absolute atomic E-state index is 12.4. The van der Waals surface area contributed by atoms with Crippen molar-refractivity contribution in [3.63, 3.8) is 0 Å². The number of anilines is 1. The van der Waals surface area contributed by atoms with E-state index in [0.29, 0.717) is 16.5 Å². The van der Waals surface area contributed by atoms with Gasteiger partial charge in [0, 0.05) is 24.1 Å². The smallest absolute Gasteiger partial charge is 0.326 e. The highest BCUT2D eigenvalue weighted by Gasteiger charge is 2.30. The van der Waals surface area contributed by atoms with Gasteiger partial charge >= 0.3 is 6.18 Å². The van der Waals surface area contributed by atoms with Crippen molar-refractivity contribution in [3.8, 4) is 0 Å². The molecule has 0 atom stereocenters. The van der Waals surface area contributed by atoms with Crippen LogP contribution in [0, 0.1) is 0 Å². The van der Waals surface area contributed by atoms with Gasteiger partial charge in [-0.3, -0.25) is 4.79 Å². The number of para-hydroxylation sites is 1. The van der Waals surface area contributed by atoms with E-state index < -0.39 is 11.7 Å². The zero-order valence-electron chi connectivity index (χ0n) is 11.4. The lowest BCUT2D eigenvalue weighted by molar-refractivity contribution is -0.137. The second kappa shape index (κ2) is 7.31. The molecule has 2 aromatic rings. The first-order valence-electron chi connectivity index (χ1n) is 6.46. The second-order valence-corrected chi connectivity index (χ2v) is 5.51. The normalized spacial score (nSPS) is 11.2. The van der Waals surface area contributed by atoms with Crippen LogP contribution in [-0.4, -0.2) is 16.6 Å². The van der Waals surface area contributed by atoms with Gasteiger partial charge in [-0.25, -0.2) is 4.98 Å². The number of carbonyl (C=O) groups excluding carboxylic acids is 1. The molecule has 0 fully saturated rings. The topological polar surface area (TPSA) is 42.0 Å². The van der Waals surface area contributed by atoms with E-state index in [0.717, 1.165) is 12.3 Å². The number of alkyl halides is 3. The van der Waals surface area contributed by atoms with E-state index in [4.69, 9.17) is 0 Å². The SMILES string of the molecule is O=C(CCSc1ccc(C(F)(F)F)cn1)Nc1ccccc1. The van der Waals surface area contributed by atoms with Crippen LogP contribution in [0.1, 0.15) is 12.0 Å². The predicted molar refractivity (Wildman–Crippen MR) is 79.7 cm³/mol. The molecule has 7 heteroatoms. The highest BCUT2D eigenvalue weighted by Crippen LogP contribution is 2.29. The molecule has 0 saturated carbocycles. The number of pyridine rings is 1. The minimum Gasteiger partial charge on any atom is -0.326 e. The molecule has 0 aliphatic rings. The maximum atomic E-state index is 12.4. The van der Waals surface area contributed by atoms with Crippen molar-refractivity contribution in [1.29, 1.82) is 0 Å². The van der Waals surface area contributed by atoms with E-state index in [1.807, 2.05) is 18.2 Å². The molecule has 0 spiro atoms. The summed E-state index contributed by atoms with van der Waals surface area (Å²) in [5.74, 6) is 0.294. The van der Waals surface area contributed by atoms with Gasteiger partial charge in [-0.15, -0.1) is 11.8 Å². The van der Waals surface area contributed by atoms with E-state index in [1.165, 1.54) is 17.8 Å². The molecule has 3 nitrogen and oxygen atoms in total. The number of halogens is 3. The predicted octanol–water partition coefficient (Wildman–Crippen LogP) is 4.22. The maximum Gasteiger partial charge on any atom is 0.417 e. The summed E-state index contributed by atoms with van der Waals surface area (Å²) in [4.78, 5) is 15.4. The van der Waals surface area contributed by atoms with Gasteiger partial charge in [-0.05, 0) is 24.3 Å². The summed E-state index contributed by atoms with van der Waals surface area (Å²) in [7, 11) is 0. The van der Waals surface area contributed by atoms with Gasteiger partial charge < -0.3 is 5.32 Å². The highest BCUT2D eigenvalue weighted by molar-refractivity contribution is 7.99. The molecule has 1 heterocycles. The number of carbonyl (C=O) groups is 1. The number of rotatable bonds is 5. The molecule has 0 bridgehead atoms. The van der Waals surface area contributed by atoms with E-state index in [-0.39, 0.29) is 12.3 Å². The summed E-state index contributed by atoms with van der Waals surface area (Å²) in [5.41, 5.74) is -0.0659. The molecule has 2 rings (SSSR count). The van der Waals surface area contributed by atoms with Crippen LogP contribution in [0.2, 0.25) is 0 Å². The number of hydrogen-bond donors (Lipinski definition) is 1. The Hall–Kier alpha value is -2.02. The molecule has 116 valence electrons. The zero-order chi connectivity index (χ0) is 16.0. The fraction of sp³-hybridized carbons (Fsp3) is 0.200. The van der Waals surface area contributed by atoms with Gasteiger partial charge in [-0.1, -0.05) is 18.2 Å². The van der Waals surface area contributed by atoms with Crippen molar-refractivity contribution < 1.29 is 18.0 Å². The fourth-order valence-corrected chi connectivity index (χ4v) is 2.41. The van der Waals surface area contributed by atoms with Crippen molar-refractivity contribution in [3.05, 3.63) is 54.2 Å². The van der Waals surface area contributed by atoms with Gasteiger partial charge in [0.2, 0.25) is 5.91 Å². The number of nitrogens with zero attached hydrogens (tertiary/aromatic N) is 1. The molecule has 0 aliphatic carbocycles. The molecule has 1 aromatic carbocycles. The van der Waals surface area contributed by atoms with Gasteiger partial charge in [0.05, 0.1) is 10.6 Å². The van der Waals surface area contributed by atoms with E-state index in [9.17, 15) is 18.0 Å². The third-order valence-corrected chi connectivity index (χ3v) is 3.65. The van der Waals surface area contributed by atoms with Crippen molar-refractivity contribution in [2.24, 2.45) is 0 Å². The molecule has 0 aliphatic heterocycles. The second-order valence-electron chi connectivity index (χ2n) is 4.40. The fourth-order valence-electron chi connectivity index (χ4n) is 1.63. The quantitative estimate of drug-likeness (QED) is 0.837. The molecule has 1 amide bonds. The summed E-state index contributed by atoms with van der Waals surface area (Å²) in [6, 6.07) is 11.3. The number of aromatic nitrogens is 1. The summed E-state index contributed by atoms with van der Waals surface area (Å²) in [5, 5.41) is 3.19. The number of thioether (sulfide) groups is 1. The lowest BCUT2D eigenvalue weighted by Crippen LogP contribution is -2.12.